The third-order valence-corrected chi connectivity index (χ3v) is 3.46. The maximum absolute atomic E-state index is 3.38. The molecule has 84 valence electrons. The molecule has 2 aromatic carbocycles. The van der Waals surface area contributed by atoms with Crippen LogP contribution in [0.1, 0.15) is 11.1 Å². The monoisotopic (exact) mass is 221 g/mol. The van der Waals surface area contributed by atoms with E-state index in [9.17, 15) is 0 Å². The number of H-pyrrole nitrogens is 1. The molecule has 0 bridgehead atoms. The second-order valence-corrected chi connectivity index (χ2v) is 4.50. The van der Waals surface area contributed by atoms with Gasteiger partial charge in [-0.1, -0.05) is 42.5 Å². The van der Waals surface area contributed by atoms with Crippen LogP contribution < -0.4 is 0 Å². The van der Waals surface area contributed by atoms with Crippen LogP contribution in [0.15, 0.2) is 48.7 Å². The Balaban J connectivity index is 2.34. The van der Waals surface area contributed by atoms with E-state index in [0.29, 0.717) is 0 Å². The Kier molecular flexibility index (Phi) is 2.25. The van der Waals surface area contributed by atoms with Gasteiger partial charge in [0.25, 0.3) is 0 Å². The molecule has 0 saturated heterocycles. The molecule has 0 amide bonds. The van der Waals surface area contributed by atoms with Gasteiger partial charge in [-0.3, -0.25) is 0 Å². The first-order valence-corrected chi connectivity index (χ1v) is 5.90. The van der Waals surface area contributed by atoms with Crippen LogP contribution in [0.4, 0.5) is 0 Å². The largest absolute Gasteiger partial charge is 0.361 e. The Morgan fingerprint density at radius 1 is 0.882 bits per heavy atom. The molecule has 0 atom stereocenters. The van der Waals surface area contributed by atoms with E-state index in [2.05, 4.69) is 67.5 Å². The molecule has 0 aliphatic heterocycles. The fourth-order valence-corrected chi connectivity index (χ4v) is 2.32. The van der Waals surface area contributed by atoms with Crippen molar-refractivity contribution in [2.75, 3.05) is 0 Å². The van der Waals surface area contributed by atoms with Crippen molar-refractivity contribution < 1.29 is 0 Å². The molecule has 0 aliphatic carbocycles. The summed E-state index contributed by atoms with van der Waals surface area (Å²) in [5, 5.41) is 2.59. The van der Waals surface area contributed by atoms with Crippen molar-refractivity contribution in [3.05, 3.63) is 59.8 Å². The van der Waals surface area contributed by atoms with E-state index in [1.54, 1.807) is 0 Å². The summed E-state index contributed by atoms with van der Waals surface area (Å²) in [5.74, 6) is 0. The Morgan fingerprint density at radius 3 is 2.41 bits per heavy atom. The number of fused-ring (bicyclic) bond motifs is 1. The summed E-state index contributed by atoms with van der Waals surface area (Å²) in [4.78, 5) is 3.38. The van der Waals surface area contributed by atoms with E-state index in [0.717, 1.165) is 0 Å². The molecule has 1 heterocycles. The Hall–Kier alpha value is -2.02. The van der Waals surface area contributed by atoms with E-state index < -0.39 is 0 Å². The maximum Gasteiger partial charge on any atom is 0.0492 e. The molecule has 0 aliphatic rings. The number of hydrogen-bond donors (Lipinski definition) is 1. The van der Waals surface area contributed by atoms with Crippen molar-refractivity contribution in [1.82, 2.24) is 4.98 Å². The third-order valence-electron chi connectivity index (χ3n) is 3.46. The highest BCUT2D eigenvalue weighted by atomic mass is 14.7. The van der Waals surface area contributed by atoms with E-state index in [4.69, 9.17) is 0 Å². The third kappa shape index (κ3) is 1.55. The summed E-state index contributed by atoms with van der Waals surface area (Å²) in [5.41, 5.74) is 5.17. The first kappa shape index (κ1) is 10.2. The normalized spacial score (nSPS) is 10.9. The average molecular weight is 221 g/mol. The first-order valence-electron chi connectivity index (χ1n) is 5.90. The van der Waals surface area contributed by atoms with Gasteiger partial charge in [0.1, 0.15) is 0 Å². The zero-order valence-corrected chi connectivity index (χ0v) is 10.1. The molecule has 1 N–H and O–H groups in total. The van der Waals surface area contributed by atoms with Gasteiger partial charge >= 0.3 is 0 Å². The molecule has 17 heavy (non-hydrogen) atoms. The summed E-state index contributed by atoms with van der Waals surface area (Å²) in [7, 11) is 0. The van der Waals surface area contributed by atoms with Crippen LogP contribution in [0.25, 0.3) is 22.0 Å². The summed E-state index contributed by atoms with van der Waals surface area (Å²) in [6.07, 6.45) is 2.08. The van der Waals surface area contributed by atoms with Crippen molar-refractivity contribution >= 4 is 10.8 Å². The van der Waals surface area contributed by atoms with Crippen LogP contribution in [-0.2, 0) is 0 Å². The number of aryl methyl sites for hydroxylation is 1. The van der Waals surface area contributed by atoms with Gasteiger partial charge in [-0.15, -0.1) is 0 Å². The first-order chi connectivity index (χ1) is 8.27. The topological polar surface area (TPSA) is 15.8 Å². The van der Waals surface area contributed by atoms with Crippen LogP contribution in [0.5, 0.6) is 0 Å². The van der Waals surface area contributed by atoms with Gasteiger partial charge in [-0.2, -0.15) is 0 Å². The second-order valence-electron chi connectivity index (χ2n) is 4.50. The molecular formula is C16H15N. The Bertz CT molecular complexity index is 672. The predicted molar refractivity (Wildman–Crippen MR) is 73.2 cm³/mol. The van der Waals surface area contributed by atoms with Gasteiger partial charge in [0.2, 0.25) is 0 Å². The number of benzene rings is 2. The van der Waals surface area contributed by atoms with E-state index in [-0.39, 0.29) is 0 Å². The van der Waals surface area contributed by atoms with Gasteiger partial charge in [-0.05, 0) is 35.7 Å². The fourth-order valence-electron chi connectivity index (χ4n) is 2.32. The van der Waals surface area contributed by atoms with Gasteiger partial charge < -0.3 is 4.98 Å². The van der Waals surface area contributed by atoms with E-state index >= 15 is 0 Å². The van der Waals surface area contributed by atoms with Crippen molar-refractivity contribution in [3.8, 4) is 11.3 Å². The molecular weight excluding hydrogens is 206 g/mol. The van der Waals surface area contributed by atoms with Crippen LogP contribution in [0.2, 0.25) is 0 Å². The van der Waals surface area contributed by atoms with Crippen molar-refractivity contribution in [2.45, 2.75) is 13.8 Å². The zero-order chi connectivity index (χ0) is 11.8. The van der Waals surface area contributed by atoms with Crippen LogP contribution in [0.3, 0.4) is 0 Å². The maximum atomic E-state index is 3.38. The number of aromatic nitrogens is 1. The predicted octanol–water partition coefficient (Wildman–Crippen LogP) is 4.45. The standard InChI is InChI=1S/C16H15N/c1-11-10-17-16(12(11)2)15-9-5-7-13-6-3-4-8-14(13)15/h3-10,17H,1-2H3. The summed E-state index contributed by atoms with van der Waals surface area (Å²) < 4.78 is 0. The summed E-state index contributed by atoms with van der Waals surface area (Å²) in [6.45, 7) is 4.31. The lowest BCUT2D eigenvalue weighted by Crippen LogP contribution is -1.83. The molecule has 1 aromatic heterocycles. The molecule has 0 saturated carbocycles. The minimum absolute atomic E-state index is 1.24. The Labute approximate surface area is 101 Å². The highest BCUT2D eigenvalue weighted by molar-refractivity contribution is 5.96. The molecule has 0 fully saturated rings. The lowest BCUT2D eigenvalue weighted by molar-refractivity contribution is 1.38. The van der Waals surface area contributed by atoms with Gasteiger partial charge in [-0.25, -0.2) is 0 Å². The molecule has 0 radical (unpaired) electrons. The number of rotatable bonds is 1. The minimum atomic E-state index is 1.24. The zero-order valence-electron chi connectivity index (χ0n) is 10.1. The van der Waals surface area contributed by atoms with Gasteiger partial charge in [0, 0.05) is 17.5 Å². The van der Waals surface area contributed by atoms with Gasteiger partial charge in [0.15, 0.2) is 0 Å². The second kappa shape index (κ2) is 3.77. The Morgan fingerprint density at radius 2 is 1.65 bits per heavy atom. The minimum Gasteiger partial charge on any atom is -0.361 e. The molecule has 1 heteroatoms. The van der Waals surface area contributed by atoms with E-state index in [1.807, 2.05) is 0 Å². The fraction of sp³-hybridized carbons (Fsp3) is 0.125. The number of aromatic amines is 1. The lowest BCUT2D eigenvalue weighted by atomic mass is 10.00. The molecule has 0 spiro atoms. The van der Waals surface area contributed by atoms with Gasteiger partial charge in [0.05, 0.1) is 0 Å². The molecule has 1 nitrogen and oxygen atoms in total. The van der Waals surface area contributed by atoms with Crippen molar-refractivity contribution in [3.63, 3.8) is 0 Å². The highest BCUT2D eigenvalue weighted by Crippen LogP contribution is 2.30. The van der Waals surface area contributed by atoms with Crippen LogP contribution >= 0.6 is 0 Å². The summed E-state index contributed by atoms with van der Waals surface area (Å²) >= 11 is 0. The molecule has 3 aromatic rings. The lowest BCUT2D eigenvalue weighted by Gasteiger charge is -2.06. The number of nitrogens with one attached hydrogen (secondary N) is 1. The van der Waals surface area contributed by atoms with Crippen LogP contribution in [0, 0.1) is 13.8 Å². The van der Waals surface area contributed by atoms with Crippen molar-refractivity contribution in [1.29, 1.82) is 0 Å². The quantitative estimate of drug-likeness (QED) is 0.624. The highest BCUT2D eigenvalue weighted by Gasteiger charge is 2.08. The average Bonchev–Trinajstić information content (AvgIpc) is 2.69. The molecule has 0 unspecified atom stereocenters. The number of hydrogen-bond acceptors (Lipinski definition) is 0. The summed E-state index contributed by atoms with van der Waals surface area (Å²) in [6, 6.07) is 15.0. The van der Waals surface area contributed by atoms with E-state index in [1.165, 1.54) is 33.2 Å². The SMILES string of the molecule is Cc1c[nH]c(-c2cccc3ccccc23)c1C. The van der Waals surface area contributed by atoms with Crippen LogP contribution in [-0.4, -0.2) is 4.98 Å². The van der Waals surface area contributed by atoms with Crippen molar-refractivity contribution in [2.24, 2.45) is 0 Å². The smallest absolute Gasteiger partial charge is 0.0492 e. The molecule has 3 rings (SSSR count).